The van der Waals surface area contributed by atoms with E-state index in [9.17, 15) is 8.42 Å². The minimum absolute atomic E-state index is 0.179. The number of anilines is 1. The lowest BCUT2D eigenvalue weighted by atomic mass is 10.2. The Morgan fingerprint density at radius 2 is 1.95 bits per heavy atom. The van der Waals surface area contributed by atoms with E-state index in [1.807, 2.05) is 0 Å². The van der Waals surface area contributed by atoms with E-state index in [2.05, 4.69) is 25.6 Å². The molecule has 0 spiro atoms. The van der Waals surface area contributed by atoms with Crippen molar-refractivity contribution in [2.45, 2.75) is 18.4 Å². The quantitative estimate of drug-likeness (QED) is 0.823. The smallest absolute Gasteiger partial charge is 0.241 e. The van der Waals surface area contributed by atoms with Gasteiger partial charge >= 0.3 is 0 Å². The summed E-state index contributed by atoms with van der Waals surface area (Å²) >= 11 is 3.26. The lowest BCUT2D eigenvalue weighted by Gasteiger charge is -2.11. The first-order chi connectivity index (χ1) is 9.40. The van der Waals surface area contributed by atoms with Gasteiger partial charge < -0.3 is 5.73 Å². The lowest BCUT2D eigenvalue weighted by Crippen LogP contribution is -2.24. The van der Waals surface area contributed by atoms with Crippen molar-refractivity contribution >= 4 is 31.6 Å². The first kappa shape index (κ1) is 15.0. The Kier molecular flexibility index (Phi) is 4.42. The molecule has 0 saturated heterocycles. The highest BCUT2D eigenvalue weighted by Crippen LogP contribution is 2.26. The van der Waals surface area contributed by atoms with Crippen LogP contribution in [0.15, 0.2) is 46.0 Å². The zero-order valence-corrected chi connectivity index (χ0v) is 13.2. The van der Waals surface area contributed by atoms with Crippen LogP contribution in [0.5, 0.6) is 0 Å². The Morgan fingerprint density at radius 1 is 1.30 bits per heavy atom. The van der Waals surface area contributed by atoms with Gasteiger partial charge in [0.2, 0.25) is 10.0 Å². The maximum absolute atomic E-state index is 12.3. The van der Waals surface area contributed by atoms with Crippen molar-refractivity contribution in [3.8, 4) is 0 Å². The highest BCUT2D eigenvalue weighted by molar-refractivity contribution is 9.10. The summed E-state index contributed by atoms with van der Waals surface area (Å²) in [5.41, 5.74) is 7.60. The molecular formula is C13H14BrN3O2S. The molecule has 0 aliphatic carbocycles. The zero-order valence-electron chi connectivity index (χ0n) is 10.8. The van der Waals surface area contributed by atoms with Crippen LogP contribution in [0, 0.1) is 6.92 Å². The molecule has 7 heteroatoms. The molecular weight excluding hydrogens is 342 g/mol. The summed E-state index contributed by atoms with van der Waals surface area (Å²) in [7, 11) is -3.61. The Morgan fingerprint density at radius 3 is 2.60 bits per heavy atom. The van der Waals surface area contributed by atoms with Gasteiger partial charge in [0.1, 0.15) is 0 Å². The summed E-state index contributed by atoms with van der Waals surface area (Å²) in [6.07, 6.45) is 3.23. The van der Waals surface area contributed by atoms with Gasteiger partial charge in [-0.25, -0.2) is 13.1 Å². The van der Waals surface area contributed by atoms with E-state index in [0.29, 0.717) is 15.7 Å². The number of rotatable bonds is 4. The monoisotopic (exact) mass is 355 g/mol. The van der Waals surface area contributed by atoms with Crippen LogP contribution in [0.3, 0.4) is 0 Å². The molecule has 0 unspecified atom stereocenters. The number of nitrogens with one attached hydrogen (secondary N) is 1. The third-order valence-corrected chi connectivity index (χ3v) is 4.86. The van der Waals surface area contributed by atoms with E-state index in [4.69, 9.17) is 5.73 Å². The fraction of sp³-hybridized carbons (Fsp3) is 0.154. The number of hydrogen-bond acceptors (Lipinski definition) is 4. The number of hydrogen-bond donors (Lipinski definition) is 2. The van der Waals surface area contributed by atoms with E-state index >= 15 is 0 Å². The molecule has 0 fully saturated rings. The maximum Gasteiger partial charge on any atom is 0.241 e. The minimum Gasteiger partial charge on any atom is -0.398 e. The number of nitrogens with zero attached hydrogens (tertiary/aromatic N) is 1. The van der Waals surface area contributed by atoms with Crippen LogP contribution in [0.2, 0.25) is 0 Å². The summed E-state index contributed by atoms with van der Waals surface area (Å²) in [5, 5.41) is 0. The van der Waals surface area contributed by atoms with E-state index in [-0.39, 0.29) is 11.4 Å². The van der Waals surface area contributed by atoms with E-state index in [1.54, 1.807) is 43.6 Å². The lowest BCUT2D eigenvalue weighted by molar-refractivity contribution is 0.580. The highest BCUT2D eigenvalue weighted by Gasteiger charge is 2.18. The molecule has 2 aromatic rings. The predicted octanol–water partition coefficient (Wildman–Crippen LogP) is 2.21. The van der Waals surface area contributed by atoms with Crippen LogP contribution in [0.25, 0.3) is 0 Å². The van der Waals surface area contributed by atoms with Gasteiger partial charge in [-0.1, -0.05) is 15.9 Å². The van der Waals surface area contributed by atoms with Crippen molar-refractivity contribution in [3.63, 3.8) is 0 Å². The van der Waals surface area contributed by atoms with Gasteiger partial charge in [-0.3, -0.25) is 4.98 Å². The third kappa shape index (κ3) is 3.36. The number of pyridine rings is 1. The summed E-state index contributed by atoms with van der Waals surface area (Å²) in [6, 6.07) is 6.73. The number of nitrogens with two attached hydrogens (primary N) is 1. The molecule has 0 bridgehead atoms. The van der Waals surface area contributed by atoms with Crippen molar-refractivity contribution < 1.29 is 8.42 Å². The van der Waals surface area contributed by atoms with Crippen LogP contribution in [0.1, 0.15) is 11.1 Å². The third-order valence-electron chi connectivity index (χ3n) is 2.87. The normalized spacial score (nSPS) is 11.5. The Bertz CT molecular complexity index is 718. The average molecular weight is 356 g/mol. The Hall–Kier alpha value is -1.44. The van der Waals surface area contributed by atoms with Crippen LogP contribution in [-0.4, -0.2) is 13.4 Å². The first-order valence-corrected chi connectivity index (χ1v) is 8.12. The van der Waals surface area contributed by atoms with E-state index in [0.717, 1.165) is 5.56 Å². The Balaban J connectivity index is 2.27. The molecule has 106 valence electrons. The van der Waals surface area contributed by atoms with Crippen LogP contribution in [-0.2, 0) is 16.6 Å². The number of benzene rings is 1. The maximum atomic E-state index is 12.3. The fourth-order valence-corrected chi connectivity index (χ4v) is 3.65. The number of nitrogen functional groups attached to an aromatic ring is 1. The number of halogens is 1. The van der Waals surface area contributed by atoms with Crippen molar-refractivity contribution in [3.05, 3.63) is 52.3 Å². The second kappa shape index (κ2) is 5.90. The molecule has 5 nitrogen and oxygen atoms in total. The number of aromatic nitrogens is 1. The number of sulfonamides is 1. The molecule has 0 aliphatic rings. The van der Waals surface area contributed by atoms with Gasteiger partial charge in [-0.15, -0.1) is 0 Å². The molecule has 0 saturated carbocycles. The summed E-state index contributed by atoms with van der Waals surface area (Å²) in [4.78, 5) is 4.06. The summed E-state index contributed by atoms with van der Waals surface area (Å²) in [5.74, 6) is 0. The summed E-state index contributed by atoms with van der Waals surface area (Å²) in [6.45, 7) is 1.89. The standard InChI is InChI=1S/C13H14BrN3O2S/c1-9-12(15)6-11(14)7-13(9)20(18,19)17-8-10-2-4-16-5-3-10/h2-7,17H,8,15H2,1H3. The fourth-order valence-electron chi connectivity index (χ4n) is 1.71. The van der Waals surface area contributed by atoms with Crippen molar-refractivity contribution in [1.29, 1.82) is 0 Å². The molecule has 0 atom stereocenters. The molecule has 0 amide bonds. The van der Waals surface area contributed by atoms with Crippen LogP contribution >= 0.6 is 15.9 Å². The first-order valence-electron chi connectivity index (χ1n) is 5.84. The van der Waals surface area contributed by atoms with Crippen LogP contribution in [0.4, 0.5) is 5.69 Å². The molecule has 0 radical (unpaired) electrons. The molecule has 2 rings (SSSR count). The van der Waals surface area contributed by atoms with E-state index in [1.165, 1.54) is 0 Å². The van der Waals surface area contributed by atoms with Gasteiger partial charge in [0.15, 0.2) is 0 Å². The van der Waals surface area contributed by atoms with Crippen molar-refractivity contribution in [2.24, 2.45) is 0 Å². The Labute approximate surface area is 126 Å². The van der Waals surface area contributed by atoms with Gasteiger partial charge in [-0.2, -0.15) is 0 Å². The largest absolute Gasteiger partial charge is 0.398 e. The molecule has 1 heterocycles. The van der Waals surface area contributed by atoms with Gasteiger partial charge in [0, 0.05) is 29.1 Å². The second-order valence-electron chi connectivity index (χ2n) is 4.30. The molecule has 20 heavy (non-hydrogen) atoms. The molecule has 1 aromatic heterocycles. The van der Waals surface area contributed by atoms with Crippen molar-refractivity contribution in [1.82, 2.24) is 9.71 Å². The van der Waals surface area contributed by atoms with Gasteiger partial charge in [0.25, 0.3) is 0 Å². The van der Waals surface area contributed by atoms with Crippen LogP contribution < -0.4 is 10.5 Å². The topological polar surface area (TPSA) is 85.1 Å². The summed E-state index contributed by atoms with van der Waals surface area (Å²) < 4.78 is 27.8. The van der Waals surface area contributed by atoms with Crippen molar-refractivity contribution in [2.75, 3.05) is 5.73 Å². The van der Waals surface area contributed by atoms with Gasteiger partial charge in [-0.05, 0) is 42.3 Å². The zero-order chi connectivity index (χ0) is 14.8. The molecule has 1 aromatic carbocycles. The molecule has 0 aliphatic heterocycles. The molecule has 3 N–H and O–H groups in total. The SMILES string of the molecule is Cc1c(N)cc(Br)cc1S(=O)(=O)NCc1ccncc1. The second-order valence-corrected chi connectivity index (χ2v) is 6.95. The highest BCUT2D eigenvalue weighted by atomic mass is 79.9. The van der Waals surface area contributed by atoms with Gasteiger partial charge in [0.05, 0.1) is 4.90 Å². The average Bonchev–Trinajstić information content (AvgIpc) is 2.42. The minimum atomic E-state index is -3.61. The van der Waals surface area contributed by atoms with E-state index < -0.39 is 10.0 Å². The predicted molar refractivity (Wildman–Crippen MR) is 81.6 cm³/mol.